The molecule has 1 amide bonds. The van der Waals surface area contributed by atoms with Gasteiger partial charge < -0.3 is 25.4 Å². The van der Waals surface area contributed by atoms with E-state index < -0.39 is 64.4 Å². The summed E-state index contributed by atoms with van der Waals surface area (Å²) in [5.41, 5.74) is 4.41. The van der Waals surface area contributed by atoms with E-state index in [-0.39, 0.29) is 30.9 Å². The predicted octanol–water partition coefficient (Wildman–Crippen LogP) is 0.263. The van der Waals surface area contributed by atoms with Gasteiger partial charge in [-0.3, -0.25) is 28.9 Å². The monoisotopic (exact) mass is 534 g/mol. The predicted molar refractivity (Wildman–Crippen MR) is 133 cm³/mol. The molecule has 0 radical (unpaired) electrons. The third-order valence-electron chi connectivity index (χ3n) is 8.63. The number of nitrogens with zero attached hydrogens (tertiary/aromatic N) is 1. The van der Waals surface area contributed by atoms with Gasteiger partial charge in [0.2, 0.25) is 12.7 Å². The van der Waals surface area contributed by atoms with Crippen LogP contribution in [0.25, 0.3) is 11.1 Å². The Balaban J connectivity index is 1.48. The number of aliphatic hydroxyl groups is 1. The van der Waals surface area contributed by atoms with Crippen LogP contribution in [0.15, 0.2) is 30.3 Å². The number of phenols is 1. The van der Waals surface area contributed by atoms with Crippen molar-refractivity contribution >= 4 is 29.0 Å². The average Bonchev–Trinajstić information content (AvgIpc) is 3.34. The van der Waals surface area contributed by atoms with Crippen molar-refractivity contribution in [3.63, 3.8) is 0 Å². The normalized spacial score (nSPS) is 31.1. The Bertz CT molecular complexity index is 1500. The zero-order valence-electron chi connectivity index (χ0n) is 21.2. The Morgan fingerprint density at radius 2 is 1.77 bits per heavy atom. The molecule has 0 aromatic heterocycles. The number of aromatic hydroxyl groups is 1. The first kappa shape index (κ1) is 25.2. The number of carbonyl (C=O) groups excluding carboxylic acids is 5. The lowest BCUT2D eigenvalue weighted by atomic mass is 9.52. The zero-order valence-corrected chi connectivity index (χ0v) is 21.2. The van der Waals surface area contributed by atoms with Gasteiger partial charge in [0.05, 0.1) is 17.5 Å². The summed E-state index contributed by atoms with van der Waals surface area (Å²) in [5, 5.41) is 22.4. The highest BCUT2D eigenvalue weighted by Crippen LogP contribution is 2.52. The number of phenolic OH excluding ortho intramolecular Hbond substituents is 1. The van der Waals surface area contributed by atoms with Crippen molar-refractivity contribution in [2.45, 2.75) is 24.5 Å². The third kappa shape index (κ3) is 3.32. The molecule has 11 nitrogen and oxygen atoms in total. The van der Waals surface area contributed by atoms with Crippen LogP contribution in [-0.4, -0.2) is 76.7 Å². The van der Waals surface area contributed by atoms with Gasteiger partial charge in [-0.1, -0.05) is 12.1 Å². The summed E-state index contributed by atoms with van der Waals surface area (Å²) in [7, 11) is 3.09. The van der Waals surface area contributed by atoms with E-state index in [4.69, 9.17) is 15.2 Å². The number of carbonyl (C=O) groups is 5. The maximum atomic E-state index is 13.9. The molecule has 2 fully saturated rings. The van der Waals surface area contributed by atoms with Gasteiger partial charge in [-0.25, -0.2) is 0 Å². The van der Waals surface area contributed by atoms with Crippen LogP contribution in [-0.2, 0) is 25.6 Å². The fraction of sp³-hybridized carbons (Fsp3) is 0.393. The Morgan fingerprint density at radius 1 is 1.05 bits per heavy atom. The number of ketones is 4. The molecule has 6 rings (SSSR count). The second-order valence-electron chi connectivity index (χ2n) is 10.8. The van der Waals surface area contributed by atoms with Crippen molar-refractivity contribution in [3.8, 4) is 28.4 Å². The van der Waals surface area contributed by atoms with Crippen LogP contribution in [0.5, 0.6) is 17.2 Å². The van der Waals surface area contributed by atoms with E-state index in [0.29, 0.717) is 28.2 Å². The van der Waals surface area contributed by atoms with E-state index >= 15 is 0 Å². The molecule has 4 aliphatic rings. The topological polar surface area (TPSA) is 174 Å². The quantitative estimate of drug-likeness (QED) is 0.464. The van der Waals surface area contributed by atoms with Gasteiger partial charge in [0.15, 0.2) is 46.2 Å². The van der Waals surface area contributed by atoms with Crippen molar-refractivity contribution in [3.05, 3.63) is 41.5 Å². The minimum absolute atomic E-state index is 0.0138. The van der Waals surface area contributed by atoms with Gasteiger partial charge in [-0.2, -0.15) is 0 Å². The van der Waals surface area contributed by atoms with E-state index in [0.717, 1.165) is 0 Å². The number of ether oxygens (including phenoxy) is 2. The van der Waals surface area contributed by atoms with E-state index in [9.17, 15) is 34.2 Å². The van der Waals surface area contributed by atoms with Crippen LogP contribution in [0.1, 0.15) is 22.3 Å². The molecule has 3 unspecified atom stereocenters. The van der Waals surface area contributed by atoms with Gasteiger partial charge >= 0.3 is 0 Å². The second-order valence-corrected chi connectivity index (χ2v) is 10.8. The van der Waals surface area contributed by atoms with Gasteiger partial charge in [0.25, 0.3) is 0 Å². The molecular weight excluding hydrogens is 508 g/mol. The number of Topliss-reactive ketones (excluding diaryl/α,β-unsaturated/α-hetero) is 4. The first-order chi connectivity index (χ1) is 18.5. The van der Waals surface area contributed by atoms with Gasteiger partial charge in [0, 0.05) is 5.92 Å². The SMILES string of the molecule is CN(C)C1C(=O)C(C(N)=O)C(=O)[C@]2(O)C(=O)C3C(=O)c4c(O)ccc(-c5ccc6c(c5)OCO6)c4C[C@@H]3C[C@H]12. The first-order valence-corrected chi connectivity index (χ1v) is 12.6. The first-order valence-electron chi connectivity index (χ1n) is 12.6. The van der Waals surface area contributed by atoms with Crippen molar-refractivity contribution in [2.24, 2.45) is 29.4 Å². The molecular formula is C28H26N2O9. The summed E-state index contributed by atoms with van der Waals surface area (Å²) in [6, 6.07) is 7.19. The summed E-state index contributed by atoms with van der Waals surface area (Å²) in [4.78, 5) is 67.9. The smallest absolute Gasteiger partial charge is 0.235 e. The van der Waals surface area contributed by atoms with E-state index in [1.807, 2.05) is 0 Å². The standard InChI is InChI=1S/C28H26N2O9/c1-30(2)22-15-8-12-7-14-13(11-3-6-17-18(9-11)39-10-38-17)4-5-16(31)20(14)23(32)19(12)25(34)28(15,37)26(35)21(24(22)33)27(29)36/h3-6,9,12,15,19,21-22,31,37H,7-8,10H2,1-2H3,(H2,29,36)/t12-,15-,19?,21?,22?,28-/m1/s1. The number of rotatable bonds is 3. The molecule has 3 aliphatic carbocycles. The Morgan fingerprint density at radius 3 is 2.46 bits per heavy atom. The lowest BCUT2D eigenvalue weighted by molar-refractivity contribution is -0.181. The number of primary amides is 1. The molecule has 0 saturated heterocycles. The molecule has 6 atom stereocenters. The molecule has 1 aliphatic heterocycles. The van der Waals surface area contributed by atoms with Crippen LogP contribution in [0.4, 0.5) is 0 Å². The van der Waals surface area contributed by atoms with Crippen molar-refractivity contribution in [1.82, 2.24) is 4.90 Å². The maximum absolute atomic E-state index is 13.9. The number of amides is 1. The van der Waals surface area contributed by atoms with Crippen LogP contribution in [0.3, 0.4) is 0 Å². The highest BCUT2D eigenvalue weighted by atomic mass is 16.7. The molecule has 39 heavy (non-hydrogen) atoms. The van der Waals surface area contributed by atoms with Crippen molar-refractivity contribution in [1.29, 1.82) is 0 Å². The third-order valence-corrected chi connectivity index (χ3v) is 8.63. The molecule has 0 spiro atoms. The highest BCUT2D eigenvalue weighted by Gasteiger charge is 2.69. The zero-order chi connectivity index (χ0) is 28.0. The highest BCUT2D eigenvalue weighted by molar-refractivity contribution is 6.32. The molecule has 202 valence electrons. The van der Waals surface area contributed by atoms with Gasteiger partial charge in [-0.05, 0) is 67.7 Å². The number of likely N-dealkylation sites (N-methyl/N-ethyl adjacent to an activating group) is 1. The Labute approximate surface area is 222 Å². The maximum Gasteiger partial charge on any atom is 0.235 e. The Hall–Kier alpha value is -4.09. The number of benzene rings is 2. The fourth-order valence-electron chi connectivity index (χ4n) is 6.94. The molecule has 4 N–H and O–H groups in total. The van der Waals surface area contributed by atoms with Crippen LogP contribution in [0, 0.1) is 23.7 Å². The largest absolute Gasteiger partial charge is 0.507 e. The van der Waals surface area contributed by atoms with Gasteiger partial charge in [0.1, 0.15) is 5.75 Å². The number of nitrogens with two attached hydrogens (primary N) is 1. The van der Waals surface area contributed by atoms with Gasteiger partial charge in [-0.15, -0.1) is 0 Å². The van der Waals surface area contributed by atoms with Crippen molar-refractivity contribution < 1.29 is 43.7 Å². The van der Waals surface area contributed by atoms with Crippen LogP contribution in [0.2, 0.25) is 0 Å². The molecule has 11 heteroatoms. The number of fused-ring (bicyclic) bond motifs is 4. The summed E-state index contributed by atoms with van der Waals surface area (Å²) < 4.78 is 10.9. The summed E-state index contributed by atoms with van der Waals surface area (Å²) >= 11 is 0. The van der Waals surface area contributed by atoms with Crippen LogP contribution < -0.4 is 15.2 Å². The Kier molecular flexibility index (Phi) is 5.46. The van der Waals surface area contributed by atoms with Crippen molar-refractivity contribution in [2.75, 3.05) is 20.9 Å². The fourth-order valence-corrected chi connectivity index (χ4v) is 6.94. The second kappa shape index (κ2) is 8.45. The minimum Gasteiger partial charge on any atom is -0.507 e. The number of hydrogen-bond acceptors (Lipinski definition) is 10. The van der Waals surface area contributed by atoms with E-state index in [1.54, 1.807) is 38.4 Å². The number of hydrogen-bond donors (Lipinski definition) is 3. The lowest BCUT2D eigenvalue weighted by Gasteiger charge is -2.52. The van der Waals surface area contributed by atoms with E-state index in [1.165, 1.54) is 11.0 Å². The summed E-state index contributed by atoms with van der Waals surface area (Å²) in [6.07, 6.45) is 0.157. The molecule has 2 aromatic rings. The molecule has 2 aromatic carbocycles. The molecule has 2 saturated carbocycles. The molecule has 0 bridgehead atoms. The lowest BCUT2D eigenvalue weighted by Crippen LogP contribution is -2.74. The van der Waals surface area contributed by atoms with E-state index in [2.05, 4.69) is 0 Å². The summed E-state index contributed by atoms with van der Waals surface area (Å²) in [5.74, 6) is -9.62. The summed E-state index contributed by atoms with van der Waals surface area (Å²) in [6.45, 7) is 0.0855. The average molecular weight is 535 g/mol. The van der Waals surface area contributed by atoms with Crippen LogP contribution >= 0.6 is 0 Å². The molecule has 1 heterocycles. The minimum atomic E-state index is -2.75.